The molecule has 2 rings (SSSR count). The Morgan fingerprint density at radius 2 is 1.69 bits per heavy atom. The highest BCUT2D eigenvalue weighted by molar-refractivity contribution is 6.02. The molecule has 0 radical (unpaired) electrons. The van der Waals surface area contributed by atoms with Gasteiger partial charge in [-0.2, -0.15) is 13.2 Å². The molecular weight excluding hydrogens is 377 g/mol. The number of alkyl halides is 3. The van der Waals surface area contributed by atoms with Gasteiger partial charge in [0, 0.05) is 23.0 Å². The van der Waals surface area contributed by atoms with Crippen LogP contribution in [-0.2, 0) is 12.6 Å². The van der Waals surface area contributed by atoms with Gasteiger partial charge >= 0.3 is 6.18 Å². The molecule has 1 aromatic heterocycles. The zero-order valence-corrected chi connectivity index (χ0v) is 17.9. The Morgan fingerprint density at radius 1 is 1.10 bits per heavy atom. The lowest BCUT2D eigenvalue weighted by atomic mass is 9.96. The zero-order chi connectivity index (χ0) is 21.9. The van der Waals surface area contributed by atoms with Gasteiger partial charge in [-0.05, 0) is 50.3 Å². The normalized spacial score (nSPS) is 13.1. The summed E-state index contributed by atoms with van der Waals surface area (Å²) in [6.07, 6.45) is -0.620. The van der Waals surface area contributed by atoms with Crippen LogP contribution in [0.15, 0.2) is 24.3 Å². The highest BCUT2D eigenvalue weighted by Gasteiger charge is 2.31. The number of amides is 1. The van der Waals surface area contributed by atoms with Crippen LogP contribution in [0, 0.1) is 12.8 Å². The first-order chi connectivity index (χ1) is 13.5. The largest absolute Gasteiger partial charge is 0.416 e. The monoisotopic (exact) mass is 408 g/mol. The third-order valence-corrected chi connectivity index (χ3v) is 5.69. The third-order valence-electron chi connectivity index (χ3n) is 5.69. The second-order valence-corrected chi connectivity index (χ2v) is 8.03. The van der Waals surface area contributed by atoms with Gasteiger partial charge in [0.1, 0.15) is 0 Å². The Hall–Kier alpha value is -2.24. The summed E-state index contributed by atoms with van der Waals surface area (Å²) in [5.41, 5.74) is 8.45. The lowest BCUT2D eigenvalue weighted by molar-refractivity contribution is -0.137. The molecule has 1 amide bonds. The molecule has 2 N–H and O–H groups in total. The predicted molar refractivity (Wildman–Crippen MR) is 111 cm³/mol. The van der Waals surface area contributed by atoms with Gasteiger partial charge in [0.05, 0.1) is 11.1 Å². The van der Waals surface area contributed by atoms with Crippen LogP contribution in [0.25, 0.3) is 11.1 Å². The number of unbranched alkanes of at least 4 members (excludes halogenated alkanes) is 2. The molecule has 0 aliphatic rings. The van der Waals surface area contributed by atoms with Crippen LogP contribution in [0.5, 0.6) is 0 Å². The van der Waals surface area contributed by atoms with Gasteiger partial charge in [-0.15, -0.1) is 0 Å². The van der Waals surface area contributed by atoms with E-state index >= 15 is 0 Å². The molecule has 6 heteroatoms. The molecule has 0 aliphatic heterocycles. The van der Waals surface area contributed by atoms with Crippen molar-refractivity contribution < 1.29 is 18.0 Å². The molecule has 1 unspecified atom stereocenters. The van der Waals surface area contributed by atoms with Crippen LogP contribution in [0.4, 0.5) is 13.2 Å². The number of halogens is 3. The second kappa shape index (κ2) is 9.06. The van der Waals surface area contributed by atoms with E-state index in [2.05, 4.69) is 32.3 Å². The lowest BCUT2D eigenvalue weighted by Gasteiger charge is -2.24. The molecular formula is C23H31F3N2O. The van der Waals surface area contributed by atoms with Crippen molar-refractivity contribution in [3.8, 4) is 11.1 Å². The van der Waals surface area contributed by atoms with E-state index in [1.165, 1.54) is 12.1 Å². The van der Waals surface area contributed by atoms with Gasteiger partial charge in [-0.25, -0.2) is 0 Å². The van der Waals surface area contributed by atoms with Crippen molar-refractivity contribution in [1.82, 2.24) is 4.57 Å². The number of nitrogens with two attached hydrogens (primary N) is 1. The van der Waals surface area contributed by atoms with E-state index in [4.69, 9.17) is 5.73 Å². The van der Waals surface area contributed by atoms with Gasteiger partial charge in [0.2, 0.25) is 0 Å². The number of carbonyl (C=O) groups excluding carboxylic acids is 1. The average Bonchev–Trinajstić information content (AvgIpc) is 2.93. The fourth-order valence-corrected chi connectivity index (χ4v) is 3.84. The summed E-state index contributed by atoms with van der Waals surface area (Å²) in [4.78, 5) is 12.4. The molecule has 1 atom stereocenters. The van der Waals surface area contributed by atoms with Gasteiger partial charge in [-0.1, -0.05) is 45.7 Å². The van der Waals surface area contributed by atoms with Crippen molar-refractivity contribution in [3.05, 3.63) is 46.8 Å². The number of rotatable bonds is 8. The van der Waals surface area contributed by atoms with E-state index in [9.17, 15) is 18.0 Å². The minimum Gasteiger partial charge on any atom is -0.366 e. The van der Waals surface area contributed by atoms with E-state index in [1.54, 1.807) is 0 Å². The fraction of sp³-hybridized carbons (Fsp3) is 0.522. The maximum absolute atomic E-state index is 13.0. The summed E-state index contributed by atoms with van der Waals surface area (Å²) in [5.74, 6) is -0.226. The molecule has 160 valence electrons. The summed E-state index contributed by atoms with van der Waals surface area (Å²) in [6, 6.07) is 5.14. The molecule has 3 nitrogen and oxygen atoms in total. The molecule has 0 saturated carbocycles. The first-order valence-corrected chi connectivity index (χ1v) is 10.2. The Morgan fingerprint density at radius 3 is 2.14 bits per heavy atom. The minimum absolute atomic E-state index is 0.132. The first kappa shape index (κ1) is 23.0. The smallest absolute Gasteiger partial charge is 0.366 e. The summed E-state index contributed by atoms with van der Waals surface area (Å²) in [6.45, 7) is 10.3. The van der Waals surface area contributed by atoms with E-state index in [-0.39, 0.29) is 6.04 Å². The maximum Gasteiger partial charge on any atom is 0.416 e. The zero-order valence-electron chi connectivity index (χ0n) is 17.9. The standard InChI is InChI=1S/C23H31F3N2O/c1-6-7-8-9-19-21(17-10-12-18(13-11-17)23(24,25)26)20(22(27)29)16(5)28(19)15(4)14(2)3/h10-15H,6-9H2,1-5H3,(H2,27,29). The van der Waals surface area contributed by atoms with Crippen molar-refractivity contribution in [2.24, 2.45) is 11.7 Å². The molecule has 29 heavy (non-hydrogen) atoms. The first-order valence-electron chi connectivity index (χ1n) is 10.2. The topological polar surface area (TPSA) is 48.0 Å². The maximum atomic E-state index is 13.0. The predicted octanol–water partition coefficient (Wildman–Crippen LogP) is 6.53. The minimum atomic E-state index is -4.40. The number of hydrogen-bond donors (Lipinski definition) is 1. The van der Waals surface area contributed by atoms with E-state index in [1.807, 2.05) is 6.92 Å². The van der Waals surface area contributed by atoms with Gasteiger partial charge in [0.25, 0.3) is 5.91 Å². The Kier molecular flexibility index (Phi) is 7.20. The van der Waals surface area contributed by atoms with Crippen LogP contribution in [0.3, 0.4) is 0 Å². The summed E-state index contributed by atoms with van der Waals surface area (Å²) >= 11 is 0. The van der Waals surface area contributed by atoms with Crippen LogP contribution < -0.4 is 5.73 Å². The van der Waals surface area contributed by atoms with Crippen LogP contribution >= 0.6 is 0 Å². The molecule has 0 spiro atoms. The number of hydrogen-bond acceptors (Lipinski definition) is 1. The second-order valence-electron chi connectivity index (χ2n) is 8.03. The molecule has 1 aromatic carbocycles. The van der Waals surface area contributed by atoms with Gasteiger partial charge in [0.15, 0.2) is 0 Å². The lowest BCUT2D eigenvalue weighted by Crippen LogP contribution is -2.17. The number of carbonyl (C=O) groups is 1. The Balaban J connectivity index is 2.73. The number of primary amides is 1. The van der Waals surface area contributed by atoms with Crippen molar-refractivity contribution in [2.45, 2.75) is 72.5 Å². The highest BCUT2D eigenvalue weighted by atomic mass is 19.4. The quantitative estimate of drug-likeness (QED) is 0.496. The van der Waals surface area contributed by atoms with E-state index in [0.29, 0.717) is 22.6 Å². The number of aromatic nitrogens is 1. The van der Waals surface area contributed by atoms with Crippen molar-refractivity contribution in [2.75, 3.05) is 0 Å². The summed E-state index contributed by atoms with van der Waals surface area (Å²) < 4.78 is 41.2. The molecule has 0 aliphatic carbocycles. The SMILES string of the molecule is CCCCCc1c(-c2ccc(C(F)(F)F)cc2)c(C(N)=O)c(C)n1C(C)C(C)C. The van der Waals surface area contributed by atoms with Crippen molar-refractivity contribution >= 4 is 5.91 Å². The average molecular weight is 409 g/mol. The highest BCUT2D eigenvalue weighted by Crippen LogP contribution is 2.38. The number of nitrogens with zero attached hydrogens (tertiary/aromatic N) is 1. The van der Waals surface area contributed by atoms with Crippen LogP contribution in [0.1, 0.15) is 80.3 Å². The van der Waals surface area contributed by atoms with Crippen LogP contribution in [-0.4, -0.2) is 10.5 Å². The number of benzene rings is 1. The van der Waals surface area contributed by atoms with Crippen LogP contribution in [0.2, 0.25) is 0 Å². The molecule has 0 saturated heterocycles. The van der Waals surface area contributed by atoms with Crippen molar-refractivity contribution in [3.63, 3.8) is 0 Å². The summed E-state index contributed by atoms with van der Waals surface area (Å²) in [7, 11) is 0. The summed E-state index contributed by atoms with van der Waals surface area (Å²) in [5, 5.41) is 0. The third kappa shape index (κ3) is 4.85. The van der Waals surface area contributed by atoms with Crippen molar-refractivity contribution in [1.29, 1.82) is 0 Å². The van der Waals surface area contributed by atoms with Gasteiger partial charge < -0.3 is 10.3 Å². The fourth-order valence-electron chi connectivity index (χ4n) is 3.84. The molecule has 2 aromatic rings. The van der Waals surface area contributed by atoms with Gasteiger partial charge in [-0.3, -0.25) is 4.79 Å². The Labute approximate surface area is 171 Å². The molecule has 1 heterocycles. The molecule has 0 fully saturated rings. The molecule has 0 bridgehead atoms. The Bertz CT molecular complexity index is 848. The van der Waals surface area contributed by atoms with E-state index in [0.717, 1.165) is 49.2 Å². The van der Waals surface area contributed by atoms with E-state index < -0.39 is 17.6 Å².